The minimum absolute atomic E-state index is 0.0522. The number of H-pyrrole nitrogens is 1. The van der Waals surface area contributed by atoms with Crippen molar-refractivity contribution >= 4 is 10.8 Å². The molecule has 0 bridgehead atoms. The van der Waals surface area contributed by atoms with Gasteiger partial charge in [0.15, 0.2) is 0 Å². The van der Waals surface area contributed by atoms with Crippen molar-refractivity contribution < 1.29 is 4.74 Å². The van der Waals surface area contributed by atoms with Crippen molar-refractivity contribution in [2.45, 2.75) is 37.8 Å². The first-order chi connectivity index (χ1) is 9.76. The Labute approximate surface area is 118 Å². The number of rotatable bonds is 3. The van der Waals surface area contributed by atoms with Gasteiger partial charge < -0.3 is 15.0 Å². The van der Waals surface area contributed by atoms with Gasteiger partial charge in [-0.15, -0.1) is 0 Å². The summed E-state index contributed by atoms with van der Waals surface area (Å²) in [5.41, 5.74) is -0.0522. The minimum atomic E-state index is -0.0522. The van der Waals surface area contributed by atoms with Crippen LogP contribution in [0.25, 0.3) is 10.8 Å². The van der Waals surface area contributed by atoms with E-state index in [-0.39, 0.29) is 5.56 Å². The molecule has 1 saturated carbocycles. The zero-order valence-electron chi connectivity index (χ0n) is 11.7. The molecule has 4 heteroatoms. The Morgan fingerprint density at radius 2 is 2.00 bits per heavy atom. The molecule has 0 amide bonds. The fraction of sp³-hybridized carbons (Fsp3) is 0.438. The molecular formula is C16H20N2O2. The molecular weight excluding hydrogens is 252 g/mol. The van der Waals surface area contributed by atoms with Gasteiger partial charge in [0.05, 0.1) is 6.10 Å². The van der Waals surface area contributed by atoms with Crippen molar-refractivity contribution in [2.24, 2.45) is 0 Å². The lowest BCUT2D eigenvalue weighted by atomic mass is 9.93. The van der Waals surface area contributed by atoms with Crippen LogP contribution >= 0.6 is 0 Å². The summed E-state index contributed by atoms with van der Waals surface area (Å²) in [5.74, 6) is 0.857. The maximum absolute atomic E-state index is 11.6. The number of aromatic amines is 1. The number of fused-ring (bicyclic) bond motifs is 1. The van der Waals surface area contributed by atoms with E-state index in [0.717, 1.165) is 36.8 Å². The van der Waals surface area contributed by atoms with Gasteiger partial charge in [0, 0.05) is 17.6 Å². The summed E-state index contributed by atoms with van der Waals surface area (Å²) in [6.45, 7) is 0. The van der Waals surface area contributed by atoms with Crippen molar-refractivity contribution in [1.29, 1.82) is 0 Å². The number of hydrogen-bond acceptors (Lipinski definition) is 3. The summed E-state index contributed by atoms with van der Waals surface area (Å²) >= 11 is 0. The molecule has 1 aromatic carbocycles. The van der Waals surface area contributed by atoms with Crippen molar-refractivity contribution in [3.8, 4) is 5.75 Å². The Bertz CT molecular complexity index is 642. The third kappa shape index (κ3) is 2.70. The zero-order valence-corrected chi connectivity index (χ0v) is 11.7. The molecule has 0 radical (unpaired) electrons. The van der Waals surface area contributed by atoms with Crippen LogP contribution in [0.2, 0.25) is 0 Å². The highest BCUT2D eigenvalue weighted by atomic mass is 16.5. The smallest absolute Gasteiger partial charge is 0.255 e. The Balaban J connectivity index is 1.74. The summed E-state index contributed by atoms with van der Waals surface area (Å²) < 4.78 is 6.06. The molecule has 2 N–H and O–H groups in total. The van der Waals surface area contributed by atoms with Gasteiger partial charge in [-0.1, -0.05) is 0 Å². The SMILES string of the molecule is CN[C@H]1CC[C@H](Oc2ccc3c(=O)[nH]ccc3c2)CC1. The van der Waals surface area contributed by atoms with Crippen LogP contribution in [0.3, 0.4) is 0 Å². The van der Waals surface area contributed by atoms with Crippen molar-refractivity contribution in [1.82, 2.24) is 10.3 Å². The first-order valence-corrected chi connectivity index (χ1v) is 7.21. The quantitative estimate of drug-likeness (QED) is 0.902. The Hall–Kier alpha value is -1.81. The Kier molecular flexibility index (Phi) is 3.74. The Morgan fingerprint density at radius 3 is 2.75 bits per heavy atom. The van der Waals surface area contributed by atoms with E-state index in [1.807, 2.05) is 31.3 Å². The van der Waals surface area contributed by atoms with E-state index >= 15 is 0 Å². The van der Waals surface area contributed by atoms with Crippen molar-refractivity contribution in [3.63, 3.8) is 0 Å². The van der Waals surface area contributed by atoms with Crippen LogP contribution in [0.15, 0.2) is 35.3 Å². The van der Waals surface area contributed by atoms with Crippen molar-refractivity contribution in [2.75, 3.05) is 7.05 Å². The second-order valence-electron chi connectivity index (χ2n) is 5.44. The van der Waals surface area contributed by atoms with Gasteiger partial charge in [0.25, 0.3) is 5.56 Å². The van der Waals surface area contributed by atoms with Gasteiger partial charge in [0.2, 0.25) is 0 Å². The molecule has 1 heterocycles. The first-order valence-electron chi connectivity index (χ1n) is 7.21. The molecule has 0 spiro atoms. The van der Waals surface area contributed by atoms with E-state index in [1.54, 1.807) is 6.20 Å². The van der Waals surface area contributed by atoms with Crippen molar-refractivity contribution in [3.05, 3.63) is 40.8 Å². The maximum Gasteiger partial charge on any atom is 0.255 e. The Morgan fingerprint density at radius 1 is 1.20 bits per heavy atom. The van der Waals surface area contributed by atoms with E-state index < -0.39 is 0 Å². The van der Waals surface area contributed by atoms with Crippen LogP contribution < -0.4 is 15.6 Å². The van der Waals surface area contributed by atoms with Gasteiger partial charge >= 0.3 is 0 Å². The average Bonchev–Trinajstić information content (AvgIpc) is 2.48. The molecule has 0 atom stereocenters. The molecule has 0 unspecified atom stereocenters. The minimum Gasteiger partial charge on any atom is -0.490 e. The fourth-order valence-corrected chi connectivity index (χ4v) is 2.91. The summed E-state index contributed by atoms with van der Waals surface area (Å²) in [6, 6.07) is 8.21. The number of benzene rings is 1. The molecule has 3 rings (SSSR count). The van der Waals surface area contributed by atoms with Gasteiger partial charge in [-0.3, -0.25) is 4.79 Å². The third-order valence-corrected chi connectivity index (χ3v) is 4.13. The summed E-state index contributed by atoms with van der Waals surface area (Å²) in [7, 11) is 2.02. The topological polar surface area (TPSA) is 54.1 Å². The number of ether oxygens (including phenoxy) is 1. The normalized spacial score (nSPS) is 22.9. The lowest BCUT2D eigenvalue weighted by molar-refractivity contribution is 0.141. The number of hydrogen-bond donors (Lipinski definition) is 2. The monoisotopic (exact) mass is 272 g/mol. The molecule has 106 valence electrons. The molecule has 20 heavy (non-hydrogen) atoms. The number of pyridine rings is 1. The molecule has 0 saturated heterocycles. The van der Waals surface area contributed by atoms with E-state index in [0.29, 0.717) is 17.5 Å². The van der Waals surface area contributed by atoms with E-state index in [4.69, 9.17) is 4.74 Å². The van der Waals surface area contributed by atoms with Crippen LogP contribution in [-0.2, 0) is 0 Å². The third-order valence-electron chi connectivity index (χ3n) is 4.13. The highest BCUT2D eigenvalue weighted by Gasteiger charge is 2.21. The van der Waals surface area contributed by atoms with Crippen LogP contribution in [-0.4, -0.2) is 24.2 Å². The maximum atomic E-state index is 11.6. The van der Waals surface area contributed by atoms with Gasteiger partial charge in [-0.2, -0.15) is 0 Å². The van der Waals surface area contributed by atoms with E-state index in [2.05, 4.69) is 10.3 Å². The predicted octanol–water partition coefficient (Wildman–Crippen LogP) is 2.44. The van der Waals surface area contributed by atoms with Gasteiger partial charge in [0.1, 0.15) is 5.75 Å². The van der Waals surface area contributed by atoms with Crippen LogP contribution in [0.1, 0.15) is 25.7 Å². The number of aromatic nitrogens is 1. The van der Waals surface area contributed by atoms with Crippen LogP contribution in [0, 0.1) is 0 Å². The average molecular weight is 272 g/mol. The standard InChI is InChI=1S/C16H20N2O2/c1-17-12-2-4-13(5-3-12)20-14-6-7-15-11(10-14)8-9-18-16(15)19/h6-10,12-13,17H,2-5H2,1H3,(H,18,19)/t12-,13-. The highest BCUT2D eigenvalue weighted by Crippen LogP contribution is 2.25. The highest BCUT2D eigenvalue weighted by molar-refractivity contribution is 5.82. The second kappa shape index (κ2) is 5.67. The summed E-state index contributed by atoms with van der Waals surface area (Å²) in [6.07, 6.45) is 6.45. The molecule has 4 nitrogen and oxygen atoms in total. The van der Waals surface area contributed by atoms with Gasteiger partial charge in [-0.05, 0) is 62.4 Å². The van der Waals surface area contributed by atoms with E-state index in [9.17, 15) is 4.79 Å². The molecule has 1 aliphatic carbocycles. The molecule has 2 aromatic rings. The predicted molar refractivity (Wildman–Crippen MR) is 80.3 cm³/mol. The lowest BCUT2D eigenvalue weighted by Gasteiger charge is -2.28. The summed E-state index contributed by atoms with van der Waals surface area (Å²) in [4.78, 5) is 14.3. The fourth-order valence-electron chi connectivity index (χ4n) is 2.91. The second-order valence-corrected chi connectivity index (χ2v) is 5.44. The van der Waals surface area contributed by atoms with Crippen LogP contribution in [0.4, 0.5) is 0 Å². The lowest BCUT2D eigenvalue weighted by Crippen LogP contribution is -2.34. The summed E-state index contributed by atoms with van der Waals surface area (Å²) in [5, 5.41) is 4.96. The first kappa shape index (κ1) is 13.2. The van der Waals surface area contributed by atoms with Gasteiger partial charge in [-0.25, -0.2) is 0 Å². The molecule has 1 aromatic heterocycles. The molecule has 1 aliphatic rings. The molecule has 0 aliphatic heterocycles. The van der Waals surface area contributed by atoms with Crippen LogP contribution in [0.5, 0.6) is 5.75 Å². The van der Waals surface area contributed by atoms with E-state index in [1.165, 1.54) is 0 Å². The number of nitrogens with one attached hydrogen (secondary N) is 2. The molecule has 1 fully saturated rings. The zero-order chi connectivity index (χ0) is 13.9. The largest absolute Gasteiger partial charge is 0.490 e.